The van der Waals surface area contributed by atoms with E-state index < -0.39 is 0 Å². The Morgan fingerprint density at radius 2 is 2.22 bits per heavy atom. The fourth-order valence-electron chi connectivity index (χ4n) is 2.68. The summed E-state index contributed by atoms with van der Waals surface area (Å²) >= 11 is 0. The zero-order valence-corrected chi connectivity index (χ0v) is 14.3. The number of benzene rings is 1. The van der Waals surface area contributed by atoms with Gasteiger partial charge in [0.1, 0.15) is 11.6 Å². The Bertz CT molecular complexity index is 635. The monoisotopic (exact) mass is 316 g/mol. The normalized spacial score (nSPS) is 16.8. The number of ether oxygens (including phenoxy) is 2. The van der Waals surface area contributed by atoms with E-state index in [9.17, 15) is 4.79 Å². The number of carbonyl (C=O) groups is 1. The molecule has 1 saturated heterocycles. The first-order valence-electron chi connectivity index (χ1n) is 7.90. The first kappa shape index (κ1) is 17.1. The maximum absolute atomic E-state index is 11.5. The molecule has 1 aliphatic rings. The van der Waals surface area contributed by atoms with E-state index in [1.54, 1.807) is 14.0 Å². The van der Waals surface area contributed by atoms with Crippen molar-refractivity contribution in [3.63, 3.8) is 0 Å². The Balaban J connectivity index is 2.23. The number of esters is 1. The zero-order chi connectivity index (χ0) is 16.8. The highest BCUT2D eigenvalue weighted by Gasteiger charge is 2.21. The third-order valence-corrected chi connectivity index (χ3v) is 3.71. The molecule has 1 aliphatic heterocycles. The predicted molar refractivity (Wildman–Crippen MR) is 92.1 cm³/mol. The van der Waals surface area contributed by atoms with Gasteiger partial charge >= 0.3 is 5.97 Å². The summed E-state index contributed by atoms with van der Waals surface area (Å²) in [6.45, 7) is 6.98. The summed E-state index contributed by atoms with van der Waals surface area (Å²) in [5.74, 6) is 1.48. The van der Waals surface area contributed by atoms with Crippen LogP contribution in [0.1, 0.15) is 32.3 Å². The van der Waals surface area contributed by atoms with E-state index in [0.717, 1.165) is 42.2 Å². The van der Waals surface area contributed by atoms with Crippen LogP contribution in [0.15, 0.2) is 35.0 Å². The number of amidine groups is 1. The molecule has 0 spiro atoms. The van der Waals surface area contributed by atoms with E-state index in [2.05, 4.69) is 22.9 Å². The van der Waals surface area contributed by atoms with Crippen LogP contribution in [0.5, 0.6) is 5.75 Å². The predicted octanol–water partition coefficient (Wildman–Crippen LogP) is 3.47. The summed E-state index contributed by atoms with van der Waals surface area (Å²) in [5, 5.41) is 0. The minimum absolute atomic E-state index is 0.348. The SMILES string of the molecule is CCOC(=O)/C=C(C)\N=C1/CCCN1c1ccc(OC)cc1C. The standard InChI is InChI=1S/C18H24N2O3/c1-5-23-18(21)12-14(3)19-17-7-6-10-20(17)16-9-8-15(22-4)11-13(16)2/h8-9,11-12H,5-7,10H2,1-4H3/b14-12-,19-17+. The smallest absolute Gasteiger partial charge is 0.332 e. The Labute approximate surface area is 137 Å². The number of methoxy groups -OCH3 is 1. The van der Waals surface area contributed by atoms with Gasteiger partial charge in [-0.15, -0.1) is 0 Å². The second kappa shape index (κ2) is 7.81. The molecule has 0 N–H and O–H groups in total. The van der Waals surface area contributed by atoms with Gasteiger partial charge in [0.15, 0.2) is 0 Å². The van der Waals surface area contributed by atoms with Crippen LogP contribution in [0.4, 0.5) is 5.69 Å². The molecule has 0 bridgehead atoms. The first-order chi connectivity index (χ1) is 11.0. The van der Waals surface area contributed by atoms with E-state index in [-0.39, 0.29) is 5.97 Å². The van der Waals surface area contributed by atoms with Gasteiger partial charge in [0.25, 0.3) is 0 Å². The lowest BCUT2D eigenvalue weighted by molar-refractivity contribution is -0.137. The van der Waals surface area contributed by atoms with Crippen molar-refractivity contribution in [1.82, 2.24) is 0 Å². The number of carbonyl (C=O) groups excluding carboxylic acids is 1. The molecule has 5 nitrogen and oxygen atoms in total. The molecule has 0 atom stereocenters. The largest absolute Gasteiger partial charge is 0.497 e. The van der Waals surface area contributed by atoms with Crippen LogP contribution in [-0.4, -0.2) is 32.1 Å². The van der Waals surface area contributed by atoms with Crippen LogP contribution in [0.2, 0.25) is 0 Å². The minimum atomic E-state index is -0.348. The van der Waals surface area contributed by atoms with Gasteiger partial charge in [-0.3, -0.25) is 0 Å². The van der Waals surface area contributed by atoms with Crippen LogP contribution in [0, 0.1) is 6.92 Å². The maximum Gasteiger partial charge on any atom is 0.332 e. The zero-order valence-electron chi connectivity index (χ0n) is 14.3. The topological polar surface area (TPSA) is 51.1 Å². The van der Waals surface area contributed by atoms with Crippen molar-refractivity contribution in [2.75, 3.05) is 25.2 Å². The molecule has 1 heterocycles. The molecular formula is C18H24N2O3. The molecule has 0 amide bonds. The Morgan fingerprint density at radius 1 is 1.43 bits per heavy atom. The quantitative estimate of drug-likeness (QED) is 0.616. The van der Waals surface area contributed by atoms with Gasteiger partial charge in [0, 0.05) is 30.4 Å². The summed E-state index contributed by atoms with van der Waals surface area (Å²) in [6.07, 6.45) is 3.39. The van der Waals surface area contributed by atoms with Crippen molar-refractivity contribution in [2.24, 2.45) is 4.99 Å². The molecule has 1 fully saturated rings. The molecule has 1 aromatic carbocycles. The van der Waals surface area contributed by atoms with Crippen molar-refractivity contribution >= 4 is 17.5 Å². The molecule has 0 aliphatic carbocycles. The van der Waals surface area contributed by atoms with Crippen LogP contribution in [-0.2, 0) is 9.53 Å². The highest BCUT2D eigenvalue weighted by atomic mass is 16.5. The number of anilines is 1. The van der Waals surface area contributed by atoms with E-state index in [0.29, 0.717) is 12.3 Å². The molecule has 5 heteroatoms. The molecule has 124 valence electrons. The van der Waals surface area contributed by atoms with Crippen molar-refractivity contribution in [3.8, 4) is 5.75 Å². The van der Waals surface area contributed by atoms with Gasteiger partial charge in [0.2, 0.25) is 0 Å². The van der Waals surface area contributed by atoms with E-state index in [1.807, 2.05) is 19.1 Å². The van der Waals surface area contributed by atoms with Crippen molar-refractivity contribution in [2.45, 2.75) is 33.6 Å². The minimum Gasteiger partial charge on any atom is -0.497 e. The lowest BCUT2D eigenvalue weighted by Gasteiger charge is -2.21. The molecule has 23 heavy (non-hydrogen) atoms. The molecule has 0 aromatic heterocycles. The highest BCUT2D eigenvalue weighted by Crippen LogP contribution is 2.29. The first-order valence-corrected chi connectivity index (χ1v) is 7.90. The summed E-state index contributed by atoms with van der Waals surface area (Å²) in [6, 6.07) is 6.03. The number of allylic oxidation sites excluding steroid dienone is 1. The fraction of sp³-hybridized carbons (Fsp3) is 0.444. The number of hydrogen-bond acceptors (Lipinski definition) is 4. The summed E-state index contributed by atoms with van der Waals surface area (Å²) < 4.78 is 10.2. The second-order valence-electron chi connectivity index (χ2n) is 5.47. The van der Waals surface area contributed by atoms with E-state index >= 15 is 0 Å². The summed E-state index contributed by atoms with van der Waals surface area (Å²) in [7, 11) is 1.67. The van der Waals surface area contributed by atoms with E-state index in [4.69, 9.17) is 9.47 Å². The van der Waals surface area contributed by atoms with Crippen molar-refractivity contribution < 1.29 is 14.3 Å². The van der Waals surface area contributed by atoms with Gasteiger partial charge in [-0.05, 0) is 51.0 Å². The number of nitrogens with zero attached hydrogens (tertiary/aromatic N) is 2. The van der Waals surface area contributed by atoms with Crippen LogP contribution < -0.4 is 9.64 Å². The molecule has 0 unspecified atom stereocenters. The van der Waals surface area contributed by atoms with Gasteiger partial charge < -0.3 is 14.4 Å². The lowest BCUT2D eigenvalue weighted by Crippen LogP contribution is -2.25. The average molecular weight is 316 g/mol. The van der Waals surface area contributed by atoms with Crippen molar-refractivity contribution in [1.29, 1.82) is 0 Å². The Kier molecular flexibility index (Phi) is 5.79. The fourth-order valence-corrected chi connectivity index (χ4v) is 2.68. The highest BCUT2D eigenvalue weighted by molar-refractivity contribution is 6.01. The third kappa shape index (κ3) is 4.34. The van der Waals surface area contributed by atoms with Crippen LogP contribution >= 0.6 is 0 Å². The lowest BCUT2D eigenvalue weighted by atomic mass is 10.1. The molecule has 0 radical (unpaired) electrons. The van der Waals surface area contributed by atoms with Gasteiger partial charge in [0.05, 0.1) is 13.7 Å². The summed E-state index contributed by atoms with van der Waals surface area (Å²) in [4.78, 5) is 18.3. The second-order valence-corrected chi connectivity index (χ2v) is 5.47. The van der Waals surface area contributed by atoms with Gasteiger partial charge in [-0.1, -0.05) is 0 Å². The number of rotatable bonds is 5. The molecular weight excluding hydrogens is 292 g/mol. The molecule has 2 rings (SSSR count). The number of aryl methyl sites for hydroxylation is 1. The van der Waals surface area contributed by atoms with Crippen molar-refractivity contribution in [3.05, 3.63) is 35.5 Å². The molecule has 1 aromatic rings. The molecule has 0 saturated carbocycles. The van der Waals surface area contributed by atoms with E-state index in [1.165, 1.54) is 6.08 Å². The summed E-state index contributed by atoms with van der Waals surface area (Å²) in [5.41, 5.74) is 2.94. The third-order valence-electron chi connectivity index (χ3n) is 3.71. The van der Waals surface area contributed by atoms with Gasteiger partial charge in [-0.2, -0.15) is 0 Å². The maximum atomic E-state index is 11.5. The Hall–Kier alpha value is -2.30. The van der Waals surface area contributed by atoms with Crippen LogP contribution in [0.25, 0.3) is 0 Å². The van der Waals surface area contributed by atoms with Gasteiger partial charge in [-0.25, -0.2) is 9.79 Å². The Morgan fingerprint density at radius 3 is 2.87 bits per heavy atom. The number of hydrogen-bond donors (Lipinski definition) is 0. The van der Waals surface area contributed by atoms with Crippen LogP contribution in [0.3, 0.4) is 0 Å². The average Bonchev–Trinajstić information content (AvgIpc) is 2.94. The number of aliphatic imine (C=N–C) groups is 1.